The number of sulfone groups is 1. The molecule has 2 aliphatic rings. The molecule has 0 saturated heterocycles. The summed E-state index contributed by atoms with van der Waals surface area (Å²) >= 11 is 0. The Labute approximate surface area is 500 Å². The highest BCUT2D eigenvalue weighted by atomic mass is 32.2. The summed E-state index contributed by atoms with van der Waals surface area (Å²) in [5, 5.41) is 3.53. The van der Waals surface area contributed by atoms with E-state index in [1.807, 2.05) is 44.2 Å². The van der Waals surface area contributed by atoms with E-state index in [9.17, 15) is 46.8 Å². The third-order valence-electron chi connectivity index (χ3n) is 15.1. The van der Waals surface area contributed by atoms with Gasteiger partial charge in [0.05, 0.1) is 29.0 Å². The van der Waals surface area contributed by atoms with Crippen molar-refractivity contribution in [3.63, 3.8) is 0 Å². The highest BCUT2D eigenvalue weighted by molar-refractivity contribution is 7.90. The number of allylic oxidation sites excluding steroid dienone is 1. The summed E-state index contributed by atoms with van der Waals surface area (Å²) in [4.78, 5) is 120. The summed E-state index contributed by atoms with van der Waals surface area (Å²) in [7, 11) is -3.47. The number of rotatable bonds is 34. The Morgan fingerprint density at radius 2 is 1.58 bits per heavy atom. The van der Waals surface area contributed by atoms with Crippen LogP contribution in [-0.2, 0) is 94.1 Å². The summed E-state index contributed by atoms with van der Waals surface area (Å²) in [6.07, 6.45) is 11.6. The van der Waals surface area contributed by atoms with Crippen LogP contribution in [0.15, 0.2) is 83.0 Å². The van der Waals surface area contributed by atoms with Crippen molar-refractivity contribution >= 4 is 73.8 Å². The van der Waals surface area contributed by atoms with Gasteiger partial charge in [-0.3, -0.25) is 28.8 Å². The number of anilines is 1. The van der Waals surface area contributed by atoms with Crippen molar-refractivity contribution in [2.24, 2.45) is 11.7 Å². The summed E-state index contributed by atoms with van der Waals surface area (Å²) in [5.41, 5.74) is 8.72. The Hall–Kier alpha value is -7.86. The Bertz CT molecular complexity index is 3480. The Morgan fingerprint density at radius 1 is 0.884 bits per heavy atom. The maximum Gasteiger partial charge on any atom is 0.510 e. The number of nitrogens with one attached hydrogen (secondary N) is 1. The number of nitrogens with zero attached hydrogens (tertiary/aromatic N) is 5. The predicted molar refractivity (Wildman–Crippen MR) is 319 cm³/mol. The number of cyclic esters (lactones) is 1. The molecule has 460 valence electrons. The van der Waals surface area contributed by atoms with Crippen LogP contribution in [0.25, 0.3) is 28.4 Å². The molecule has 23 heteroatoms. The van der Waals surface area contributed by atoms with Crippen LogP contribution in [0.5, 0.6) is 0 Å². The highest BCUT2D eigenvalue weighted by Gasteiger charge is 2.51. The maximum absolute atomic E-state index is 14.4. The fourth-order valence-electron chi connectivity index (χ4n) is 10.6. The lowest BCUT2D eigenvalue weighted by Crippen LogP contribution is -2.47. The van der Waals surface area contributed by atoms with Crippen LogP contribution in [0.3, 0.4) is 0 Å². The number of ketones is 3. The quantitative estimate of drug-likeness (QED) is 0.0222. The smallest absolute Gasteiger partial charge is 0.457 e. The monoisotopic (exact) mass is 1200 g/mol. The topological polar surface area (TPSA) is 302 Å². The number of amides is 2. The lowest BCUT2D eigenvalue weighted by Gasteiger charge is -2.35. The van der Waals surface area contributed by atoms with E-state index in [-0.39, 0.29) is 97.8 Å². The second-order valence-corrected chi connectivity index (χ2v) is 23.8. The zero-order chi connectivity index (χ0) is 62.0. The number of aromatic nitrogens is 4. The first-order valence-electron chi connectivity index (χ1n) is 29.2. The SMILES string of the molecule is CC[C@@]1(OC(=O)OCc2ccc(NC(=O)[C@H](CCCCN)CC(=O)COCC(=O)CCCOCCCC(=O)CCC/C=C\c3cnc(S(C)(=O)=O)nc3)cc2)C(=O)OCc2c1cc1n(c2=O)Cc2c-1nc1ccccc1c2CCN(C(C)=O)C(C)C. The number of unbranched alkanes of at least 4 members (excludes halogenated alkanes) is 2. The molecule has 5 heterocycles. The molecule has 86 heavy (non-hydrogen) atoms. The maximum atomic E-state index is 14.4. The number of hydrogen-bond donors (Lipinski definition) is 2. The van der Waals surface area contributed by atoms with Crippen LogP contribution in [0.2, 0.25) is 0 Å². The van der Waals surface area contributed by atoms with Gasteiger partial charge < -0.3 is 44.2 Å². The molecule has 0 radical (unpaired) electrons. The molecule has 22 nitrogen and oxygen atoms in total. The normalized spacial score (nSPS) is 14.8. The molecular formula is C63H77N7O15S. The number of benzene rings is 2. The number of hydrogen-bond acceptors (Lipinski definition) is 19. The lowest BCUT2D eigenvalue weighted by molar-refractivity contribution is -0.175. The number of ether oxygens (including phenoxy) is 5. The van der Waals surface area contributed by atoms with Crippen molar-refractivity contribution in [3.8, 4) is 11.4 Å². The zero-order valence-corrected chi connectivity index (χ0v) is 50.4. The van der Waals surface area contributed by atoms with Gasteiger partial charge in [-0.15, -0.1) is 0 Å². The van der Waals surface area contributed by atoms with Crippen LogP contribution >= 0.6 is 0 Å². The van der Waals surface area contributed by atoms with Gasteiger partial charge in [0.2, 0.25) is 32.4 Å². The predicted octanol–water partition coefficient (Wildman–Crippen LogP) is 7.69. The van der Waals surface area contributed by atoms with Crippen molar-refractivity contribution in [1.82, 2.24) is 24.4 Å². The van der Waals surface area contributed by atoms with E-state index in [0.29, 0.717) is 124 Å². The molecule has 0 fully saturated rings. The minimum atomic E-state index is -3.47. The molecule has 2 amide bonds. The van der Waals surface area contributed by atoms with Gasteiger partial charge in [0.15, 0.2) is 11.6 Å². The lowest BCUT2D eigenvalue weighted by atomic mass is 9.85. The first-order chi connectivity index (χ1) is 41.2. The van der Waals surface area contributed by atoms with E-state index < -0.39 is 44.9 Å². The third-order valence-corrected chi connectivity index (χ3v) is 16.0. The fourth-order valence-corrected chi connectivity index (χ4v) is 11.1. The number of fused-ring (bicyclic) bond motifs is 5. The summed E-state index contributed by atoms with van der Waals surface area (Å²) in [5.74, 6) is -2.44. The molecule has 2 aromatic carbocycles. The molecule has 3 aromatic heterocycles. The molecule has 0 unspecified atom stereocenters. The van der Waals surface area contributed by atoms with Gasteiger partial charge in [-0.05, 0) is 107 Å². The van der Waals surface area contributed by atoms with Gasteiger partial charge >= 0.3 is 12.1 Å². The van der Waals surface area contributed by atoms with Gasteiger partial charge in [-0.25, -0.2) is 33.0 Å². The van der Waals surface area contributed by atoms with Gasteiger partial charge in [0.25, 0.3) is 5.56 Å². The molecule has 2 atom stereocenters. The van der Waals surface area contributed by atoms with E-state index in [0.717, 1.165) is 22.8 Å². The molecule has 2 aliphatic heterocycles. The van der Waals surface area contributed by atoms with E-state index in [4.69, 9.17) is 34.4 Å². The number of carbonyl (C=O) groups is 7. The van der Waals surface area contributed by atoms with E-state index in [1.165, 1.54) is 12.4 Å². The van der Waals surface area contributed by atoms with E-state index in [1.54, 1.807) is 59.7 Å². The second kappa shape index (κ2) is 31.0. The minimum absolute atomic E-state index is 0.0204. The van der Waals surface area contributed by atoms with Crippen molar-refractivity contribution in [2.45, 2.75) is 148 Å². The molecule has 0 spiro atoms. The molecule has 0 aliphatic carbocycles. The van der Waals surface area contributed by atoms with Crippen molar-refractivity contribution in [1.29, 1.82) is 0 Å². The van der Waals surface area contributed by atoms with Crippen molar-refractivity contribution < 1.29 is 65.7 Å². The molecule has 7 rings (SSSR count). The number of para-hydroxylation sites is 1. The molecule has 0 saturated carbocycles. The van der Waals surface area contributed by atoms with Crippen LogP contribution in [0.4, 0.5) is 10.5 Å². The Kier molecular flexibility index (Phi) is 23.7. The van der Waals surface area contributed by atoms with Gasteiger partial charge in [-0.2, -0.15) is 0 Å². The number of nitrogens with two attached hydrogens (primary N) is 1. The van der Waals surface area contributed by atoms with Gasteiger partial charge in [0, 0.05) is 111 Å². The highest BCUT2D eigenvalue weighted by Crippen LogP contribution is 2.42. The molecular weight excluding hydrogens is 1130 g/mol. The first kappa shape index (κ1) is 65.7. The fraction of sp³-hybridized carbons (Fsp3) is 0.476. The number of Topliss-reactive ketones (excluding diaryl/α,β-unsaturated/α-hetero) is 3. The van der Waals surface area contributed by atoms with Crippen LogP contribution < -0.4 is 16.6 Å². The van der Waals surface area contributed by atoms with Gasteiger partial charge in [0.1, 0.15) is 32.2 Å². The van der Waals surface area contributed by atoms with Gasteiger partial charge in [-0.1, -0.05) is 55.8 Å². The second-order valence-electron chi connectivity index (χ2n) is 21.9. The van der Waals surface area contributed by atoms with E-state index in [2.05, 4.69) is 15.3 Å². The summed E-state index contributed by atoms with van der Waals surface area (Å²) in [6, 6.07) is 15.8. The Morgan fingerprint density at radius 3 is 2.27 bits per heavy atom. The first-order valence-corrected chi connectivity index (χ1v) is 31.1. The molecule has 3 N–H and O–H groups in total. The van der Waals surface area contributed by atoms with Crippen molar-refractivity contribution in [3.05, 3.63) is 117 Å². The zero-order valence-electron chi connectivity index (χ0n) is 49.6. The van der Waals surface area contributed by atoms with Crippen molar-refractivity contribution in [2.75, 3.05) is 51.1 Å². The largest absolute Gasteiger partial charge is 0.510 e. The van der Waals surface area contributed by atoms with Crippen LogP contribution in [0.1, 0.15) is 138 Å². The third kappa shape index (κ3) is 17.4. The van der Waals surface area contributed by atoms with Crippen LogP contribution in [0, 0.1) is 5.92 Å². The molecule has 5 aromatic rings. The number of pyridine rings is 2. The summed E-state index contributed by atoms with van der Waals surface area (Å²) < 4.78 is 52.6. The van der Waals surface area contributed by atoms with Crippen LogP contribution in [-0.4, -0.2) is 126 Å². The average Bonchev–Trinajstić information content (AvgIpc) is 1.47. The standard InChI is InChI=1S/C63H77N7O15S/c1-6-63(54-33-56-57-52(36-70(56)59(76)53(54)40-83-60(63)77)50(27-29-69(41(2)3)42(4)71)51-21-10-11-22-55(51)68-57)85-62(78)84-37-43-23-25-46(26-24-43)67-58(75)45(17-12-13-28-64)32-49(74)39-82-38-48(73)20-15-31-81-30-14-19-47(72)18-9-7-8-16-44-34-65-61(66-35-44)86(5,79)80/h8,10-11,16,21-26,33-35,41,45H,6-7,9,12-15,17-20,27-32,36-40,64H2,1-5H3,(H,67,75)/b16-8-/t45-,63+/m1/s1. The van der Waals surface area contributed by atoms with E-state index >= 15 is 0 Å². The number of carbonyl (C=O) groups excluding carboxylic acids is 7. The minimum Gasteiger partial charge on any atom is -0.457 e. The average molecular weight is 1200 g/mol. The summed E-state index contributed by atoms with van der Waals surface area (Å²) in [6.45, 7) is 7.65. The Balaban J connectivity index is 0.840. The number of esters is 1. The molecule has 0 bridgehead atoms.